The summed E-state index contributed by atoms with van der Waals surface area (Å²) in [5, 5.41) is 0. The van der Waals surface area contributed by atoms with Crippen LogP contribution in [0.25, 0.3) is 23.5 Å². The van der Waals surface area contributed by atoms with Crippen LogP contribution in [-0.2, 0) is 10.8 Å². The van der Waals surface area contributed by atoms with Crippen LogP contribution in [0.2, 0.25) is 0 Å². The SMILES string of the molecule is CC(C)(C)c1ccc(N2c3ccccc3C(C)(C)c3cc(/C=C/c4ccc(-c5ccc(N(c6ccccc6)c6ccccc6)cn5)nc4)ccc32)cc1. The van der Waals surface area contributed by atoms with Crippen molar-refractivity contribution in [2.75, 3.05) is 9.80 Å². The van der Waals surface area contributed by atoms with Crippen LogP contribution in [0, 0.1) is 0 Å². The molecule has 0 fully saturated rings. The quantitative estimate of drug-likeness (QED) is 0.167. The van der Waals surface area contributed by atoms with Gasteiger partial charge in [0.1, 0.15) is 0 Å². The van der Waals surface area contributed by atoms with Gasteiger partial charge in [0.2, 0.25) is 0 Å². The highest BCUT2D eigenvalue weighted by atomic mass is 15.2. The molecular formula is C49H44N4. The molecule has 0 spiro atoms. The van der Waals surface area contributed by atoms with E-state index in [4.69, 9.17) is 9.97 Å². The number of pyridine rings is 2. The summed E-state index contributed by atoms with van der Waals surface area (Å²) in [5.41, 5.74) is 14.5. The van der Waals surface area contributed by atoms with E-state index >= 15 is 0 Å². The molecule has 0 radical (unpaired) electrons. The summed E-state index contributed by atoms with van der Waals surface area (Å²) in [4.78, 5) is 14.3. The normalized spacial score (nSPS) is 13.4. The largest absolute Gasteiger partial charge is 0.310 e. The molecule has 1 aliphatic heterocycles. The number of para-hydroxylation sites is 3. The van der Waals surface area contributed by atoms with Gasteiger partial charge in [-0.25, -0.2) is 0 Å². The van der Waals surface area contributed by atoms with Gasteiger partial charge in [-0.05, 0) is 106 Å². The molecule has 0 amide bonds. The Labute approximate surface area is 313 Å². The van der Waals surface area contributed by atoms with Crippen LogP contribution in [0.15, 0.2) is 164 Å². The molecule has 2 aromatic heterocycles. The van der Waals surface area contributed by atoms with E-state index in [1.165, 1.54) is 33.8 Å². The van der Waals surface area contributed by atoms with Crippen LogP contribution in [0.3, 0.4) is 0 Å². The second-order valence-corrected chi connectivity index (χ2v) is 15.3. The maximum Gasteiger partial charge on any atom is 0.0887 e. The van der Waals surface area contributed by atoms with E-state index in [1.54, 1.807) is 0 Å². The molecular weight excluding hydrogens is 645 g/mol. The summed E-state index contributed by atoms with van der Waals surface area (Å²) < 4.78 is 0. The highest BCUT2D eigenvalue weighted by Crippen LogP contribution is 2.52. The first kappa shape index (κ1) is 33.9. The molecule has 5 aromatic carbocycles. The number of rotatable bonds is 7. The van der Waals surface area contributed by atoms with E-state index in [-0.39, 0.29) is 10.8 Å². The third-order valence-electron chi connectivity index (χ3n) is 10.3. The molecule has 4 heteroatoms. The fourth-order valence-corrected chi connectivity index (χ4v) is 7.33. The van der Waals surface area contributed by atoms with Gasteiger partial charge in [-0.3, -0.25) is 9.97 Å². The number of benzene rings is 5. The van der Waals surface area contributed by atoms with Gasteiger partial charge in [0.15, 0.2) is 0 Å². The lowest BCUT2D eigenvalue weighted by atomic mass is 9.73. The molecule has 0 bridgehead atoms. The lowest BCUT2D eigenvalue weighted by molar-refractivity contribution is 0.590. The number of aromatic nitrogens is 2. The molecule has 0 atom stereocenters. The first-order valence-corrected chi connectivity index (χ1v) is 18.3. The van der Waals surface area contributed by atoms with Crippen molar-refractivity contribution in [3.63, 3.8) is 0 Å². The maximum absolute atomic E-state index is 4.83. The Kier molecular flexibility index (Phi) is 8.75. The molecule has 0 unspecified atom stereocenters. The number of fused-ring (bicyclic) bond motifs is 2. The minimum Gasteiger partial charge on any atom is -0.310 e. The summed E-state index contributed by atoms with van der Waals surface area (Å²) in [6.45, 7) is 11.5. The van der Waals surface area contributed by atoms with E-state index in [2.05, 4.69) is 184 Å². The molecule has 3 heterocycles. The van der Waals surface area contributed by atoms with Crippen molar-refractivity contribution in [2.45, 2.75) is 45.4 Å². The summed E-state index contributed by atoms with van der Waals surface area (Å²) in [6, 6.07) is 53.8. The van der Waals surface area contributed by atoms with Gasteiger partial charge >= 0.3 is 0 Å². The highest BCUT2D eigenvalue weighted by Gasteiger charge is 2.36. The van der Waals surface area contributed by atoms with Crippen molar-refractivity contribution >= 4 is 46.3 Å². The van der Waals surface area contributed by atoms with Gasteiger partial charge in [0.05, 0.1) is 34.6 Å². The van der Waals surface area contributed by atoms with Crippen LogP contribution >= 0.6 is 0 Å². The zero-order valence-corrected chi connectivity index (χ0v) is 31.0. The van der Waals surface area contributed by atoms with E-state index in [0.717, 1.165) is 39.6 Å². The number of hydrogen-bond acceptors (Lipinski definition) is 4. The second kappa shape index (κ2) is 13.7. The summed E-state index contributed by atoms with van der Waals surface area (Å²) in [6.07, 6.45) is 8.16. The van der Waals surface area contributed by atoms with E-state index in [0.29, 0.717) is 0 Å². The third kappa shape index (κ3) is 6.65. The van der Waals surface area contributed by atoms with Crippen LogP contribution in [0.5, 0.6) is 0 Å². The average molecular weight is 689 g/mol. The Hall–Kier alpha value is -6.26. The Morgan fingerprint density at radius 2 is 1.09 bits per heavy atom. The van der Waals surface area contributed by atoms with Crippen molar-refractivity contribution < 1.29 is 0 Å². The lowest BCUT2D eigenvalue weighted by Gasteiger charge is -2.42. The zero-order valence-electron chi connectivity index (χ0n) is 31.0. The van der Waals surface area contributed by atoms with Crippen LogP contribution in [-0.4, -0.2) is 9.97 Å². The first-order valence-electron chi connectivity index (χ1n) is 18.3. The maximum atomic E-state index is 4.83. The molecule has 0 saturated carbocycles. The molecule has 53 heavy (non-hydrogen) atoms. The molecule has 7 aromatic rings. The van der Waals surface area contributed by atoms with Gasteiger partial charge < -0.3 is 9.80 Å². The Morgan fingerprint density at radius 3 is 1.70 bits per heavy atom. The summed E-state index contributed by atoms with van der Waals surface area (Å²) >= 11 is 0. The molecule has 8 rings (SSSR count). The first-order chi connectivity index (χ1) is 25.7. The van der Waals surface area contributed by atoms with Crippen molar-refractivity contribution in [3.8, 4) is 11.4 Å². The zero-order chi connectivity index (χ0) is 36.6. The molecule has 0 saturated heterocycles. The van der Waals surface area contributed by atoms with Gasteiger partial charge in [-0.1, -0.05) is 126 Å². The fourth-order valence-electron chi connectivity index (χ4n) is 7.33. The monoisotopic (exact) mass is 688 g/mol. The minimum atomic E-state index is -0.164. The van der Waals surface area contributed by atoms with Crippen LogP contribution in [0.1, 0.15) is 62.4 Å². The standard InChI is InChI=1S/C49H44N4/c1-48(2,3)37-24-26-40(27-25-37)53-46-19-13-12-18-42(46)49(4,5)43-32-35(23-31-47(43)53)20-21-36-22-29-44(50-33-36)45-30-28-41(34-51-45)52(38-14-8-6-9-15-38)39-16-10-7-11-17-39/h6-34H,1-5H3/b21-20+. The van der Waals surface area contributed by atoms with Gasteiger partial charge in [0, 0.05) is 28.7 Å². The Balaban J connectivity index is 1.04. The van der Waals surface area contributed by atoms with Crippen LogP contribution in [0.4, 0.5) is 34.1 Å². The lowest BCUT2D eigenvalue weighted by Crippen LogP contribution is -2.30. The number of anilines is 6. The second-order valence-electron chi connectivity index (χ2n) is 15.3. The van der Waals surface area contributed by atoms with Gasteiger partial charge in [-0.2, -0.15) is 0 Å². The molecule has 4 nitrogen and oxygen atoms in total. The van der Waals surface area contributed by atoms with Crippen molar-refractivity contribution in [1.29, 1.82) is 0 Å². The Bertz CT molecular complexity index is 2330. The van der Waals surface area contributed by atoms with Crippen molar-refractivity contribution in [2.24, 2.45) is 0 Å². The van der Waals surface area contributed by atoms with Gasteiger partial charge in [0.25, 0.3) is 0 Å². The van der Waals surface area contributed by atoms with E-state index in [9.17, 15) is 0 Å². The van der Waals surface area contributed by atoms with Crippen LogP contribution < -0.4 is 9.80 Å². The van der Waals surface area contributed by atoms with Crippen molar-refractivity contribution in [3.05, 3.63) is 192 Å². The fraction of sp³-hybridized carbons (Fsp3) is 0.143. The topological polar surface area (TPSA) is 32.3 Å². The minimum absolute atomic E-state index is 0.103. The van der Waals surface area contributed by atoms with E-state index < -0.39 is 0 Å². The Morgan fingerprint density at radius 1 is 0.528 bits per heavy atom. The molecule has 260 valence electrons. The smallest absolute Gasteiger partial charge is 0.0887 e. The predicted molar refractivity (Wildman–Crippen MR) is 223 cm³/mol. The molecule has 1 aliphatic rings. The third-order valence-corrected chi connectivity index (χ3v) is 10.3. The summed E-state index contributed by atoms with van der Waals surface area (Å²) in [7, 11) is 0. The predicted octanol–water partition coefficient (Wildman–Crippen LogP) is 13.2. The molecule has 0 N–H and O–H groups in total. The number of nitrogens with zero attached hydrogens (tertiary/aromatic N) is 4. The number of hydrogen-bond donors (Lipinski definition) is 0. The summed E-state index contributed by atoms with van der Waals surface area (Å²) in [5.74, 6) is 0. The van der Waals surface area contributed by atoms with E-state index in [1.807, 2.05) is 36.7 Å². The molecule has 0 aliphatic carbocycles. The average Bonchev–Trinajstić information content (AvgIpc) is 3.19. The highest BCUT2D eigenvalue weighted by molar-refractivity contribution is 5.87. The van der Waals surface area contributed by atoms with Crippen molar-refractivity contribution in [1.82, 2.24) is 9.97 Å². The van der Waals surface area contributed by atoms with Gasteiger partial charge in [-0.15, -0.1) is 0 Å².